The van der Waals surface area contributed by atoms with Crippen molar-refractivity contribution in [1.29, 1.82) is 0 Å². The van der Waals surface area contributed by atoms with Gasteiger partial charge in [0.2, 0.25) is 0 Å². The Hall–Kier alpha value is -2.14. The van der Waals surface area contributed by atoms with Crippen LogP contribution in [0.4, 0.5) is 0 Å². The molecule has 5 nitrogen and oxygen atoms in total. The van der Waals surface area contributed by atoms with Crippen LogP contribution in [-0.2, 0) is 10.2 Å². The summed E-state index contributed by atoms with van der Waals surface area (Å²) in [7, 11) is 0. The number of phenolic OH excluding ortho intramolecular Hbond substituents is 2. The monoisotopic (exact) mass is 452 g/mol. The summed E-state index contributed by atoms with van der Waals surface area (Å²) in [5, 5.41) is 31.8. The van der Waals surface area contributed by atoms with Gasteiger partial charge in [0, 0.05) is 27.9 Å². The van der Waals surface area contributed by atoms with Gasteiger partial charge in [-0.1, -0.05) is 34.6 Å². The molecule has 0 spiro atoms. The summed E-state index contributed by atoms with van der Waals surface area (Å²) in [4.78, 5) is 26.2. The number of hydrogen-bond acceptors (Lipinski definition) is 5. The minimum Gasteiger partial charge on any atom is -0.504 e. The molecule has 0 aromatic heterocycles. The van der Waals surface area contributed by atoms with Gasteiger partial charge in [-0.25, -0.2) is 0 Å². The number of rotatable bonds is 0. The molecule has 3 fully saturated rings. The van der Waals surface area contributed by atoms with Gasteiger partial charge in [0.1, 0.15) is 6.10 Å². The first-order chi connectivity index (χ1) is 15.2. The van der Waals surface area contributed by atoms with Gasteiger partial charge in [-0.05, 0) is 79.1 Å². The van der Waals surface area contributed by atoms with Gasteiger partial charge < -0.3 is 15.3 Å². The molecule has 0 unspecified atom stereocenters. The van der Waals surface area contributed by atoms with Crippen LogP contribution in [0.2, 0.25) is 0 Å². The third kappa shape index (κ3) is 2.47. The number of aliphatic hydroxyl groups excluding tert-OH is 1. The summed E-state index contributed by atoms with van der Waals surface area (Å²) in [5.74, 6) is -0.555. The molecule has 1 aromatic carbocycles. The molecule has 0 saturated heterocycles. The summed E-state index contributed by atoms with van der Waals surface area (Å²) in [6.07, 6.45) is 4.87. The van der Waals surface area contributed by atoms with E-state index in [0.717, 1.165) is 43.2 Å². The number of ketones is 2. The molecule has 0 amide bonds. The highest BCUT2D eigenvalue weighted by Crippen LogP contribution is 2.73. The minimum atomic E-state index is -0.939. The van der Waals surface area contributed by atoms with Crippen molar-refractivity contribution >= 4 is 11.6 Å². The highest BCUT2D eigenvalue weighted by Gasteiger charge is 2.68. The van der Waals surface area contributed by atoms with Gasteiger partial charge in [-0.15, -0.1) is 0 Å². The molecule has 33 heavy (non-hydrogen) atoms. The predicted molar refractivity (Wildman–Crippen MR) is 125 cm³/mol. The zero-order chi connectivity index (χ0) is 24.3. The van der Waals surface area contributed by atoms with Crippen molar-refractivity contribution in [3.63, 3.8) is 0 Å². The standard InChI is InChI=1S/C28H36O5/c1-14-11-19-26(4,24(33)22(14)31)8-10-28(6)20-13-17(29)21-15(2)23(32)18(30)12-16(21)25(20,3)7-9-27(19,28)5/h12-14,19,24,30,32-33H,7-11H2,1-6H3/t14-,19-,24-,25+,26-,27+,28-/m1/s1. The van der Waals surface area contributed by atoms with E-state index in [-0.39, 0.29) is 45.7 Å². The Labute approximate surface area is 195 Å². The zero-order valence-electron chi connectivity index (χ0n) is 20.6. The summed E-state index contributed by atoms with van der Waals surface area (Å²) in [5.41, 5.74) is 1.53. The van der Waals surface area contributed by atoms with Crippen molar-refractivity contribution in [3.8, 4) is 11.5 Å². The summed E-state index contributed by atoms with van der Waals surface area (Å²) < 4.78 is 0. The van der Waals surface area contributed by atoms with E-state index in [1.165, 1.54) is 0 Å². The second kappa shape index (κ2) is 6.50. The summed E-state index contributed by atoms with van der Waals surface area (Å²) in [6, 6.07) is 1.59. The van der Waals surface area contributed by atoms with Crippen molar-refractivity contribution in [2.24, 2.45) is 28.1 Å². The second-order valence-corrected chi connectivity index (χ2v) is 12.3. The SMILES string of the molecule is Cc1c(O)c(O)cc2c1C(=O)C=C1[C@@]2(C)CC[C@@]2(C)[C@@H]3C[C@@H](C)C(=O)[C@@H](O)[C@]3(C)CC[C@]12C. The lowest BCUT2D eigenvalue weighted by Crippen LogP contribution is -2.65. The quantitative estimate of drug-likeness (QED) is 0.483. The van der Waals surface area contributed by atoms with Crippen LogP contribution in [-0.4, -0.2) is 33.0 Å². The molecule has 5 rings (SSSR count). The number of allylic oxidation sites excluding steroid dienone is 2. The van der Waals surface area contributed by atoms with Gasteiger partial charge in [0.25, 0.3) is 0 Å². The lowest BCUT2D eigenvalue weighted by molar-refractivity contribution is -0.190. The number of aromatic hydroxyl groups is 2. The molecule has 3 N–H and O–H groups in total. The molecule has 0 heterocycles. The fourth-order valence-corrected chi connectivity index (χ4v) is 8.50. The van der Waals surface area contributed by atoms with Gasteiger partial charge >= 0.3 is 0 Å². The Morgan fingerprint density at radius 2 is 1.67 bits per heavy atom. The van der Waals surface area contributed by atoms with Crippen molar-refractivity contribution in [2.75, 3.05) is 0 Å². The van der Waals surface area contributed by atoms with Crippen LogP contribution in [0.1, 0.15) is 88.2 Å². The van der Waals surface area contributed by atoms with Crippen molar-refractivity contribution < 1.29 is 24.9 Å². The number of carbonyl (C=O) groups excluding carboxylic acids is 2. The first-order valence-corrected chi connectivity index (χ1v) is 12.3. The Balaban J connectivity index is 1.69. The molecule has 3 saturated carbocycles. The minimum absolute atomic E-state index is 0.0339. The normalized spacial score (nSPS) is 44.3. The fraction of sp³-hybridized carbons (Fsp3) is 0.643. The average molecular weight is 453 g/mol. The van der Waals surface area contributed by atoms with Gasteiger partial charge in [-0.3, -0.25) is 9.59 Å². The van der Waals surface area contributed by atoms with Crippen LogP contribution in [0, 0.1) is 35.0 Å². The molecular formula is C28H36O5. The number of benzene rings is 1. The van der Waals surface area contributed by atoms with E-state index in [9.17, 15) is 24.9 Å². The first kappa shape index (κ1) is 22.6. The van der Waals surface area contributed by atoms with Crippen LogP contribution < -0.4 is 0 Å². The highest BCUT2D eigenvalue weighted by atomic mass is 16.3. The largest absolute Gasteiger partial charge is 0.504 e. The zero-order valence-corrected chi connectivity index (χ0v) is 20.6. The number of aliphatic hydroxyl groups is 1. The first-order valence-electron chi connectivity index (χ1n) is 12.3. The number of carbonyl (C=O) groups is 2. The van der Waals surface area contributed by atoms with Crippen LogP contribution >= 0.6 is 0 Å². The third-order valence-corrected chi connectivity index (χ3v) is 10.9. The van der Waals surface area contributed by atoms with Crippen molar-refractivity contribution in [3.05, 3.63) is 34.4 Å². The summed E-state index contributed by atoms with van der Waals surface area (Å²) >= 11 is 0. The predicted octanol–water partition coefficient (Wildman–Crippen LogP) is 4.98. The van der Waals surface area contributed by atoms with Crippen molar-refractivity contribution in [2.45, 2.75) is 85.2 Å². The fourth-order valence-electron chi connectivity index (χ4n) is 8.50. The molecule has 0 radical (unpaired) electrons. The molecular weight excluding hydrogens is 416 g/mol. The average Bonchev–Trinajstić information content (AvgIpc) is 2.76. The highest BCUT2D eigenvalue weighted by molar-refractivity contribution is 6.10. The Kier molecular flexibility index (Phi) is 4.46. The van der Waals surface area contributed by atoms with E-state index in [4.69, 9.17) is 0 Å². The number of fused-ring (bicyclic) bond motifs is 7. The number of Topliss-reactive ketones (excluding diaryl/α,β-unsaturated/α-hetero) is 1. The molecule has 4 aliphatic rings. The Morgan fingerprint density at radius 1 is 1.00 bits per heavy atom. The van der Waals surface area contributed by atoms with E-state index in [1.807, 2.05) is 6.92 Å². The Bertz CT molecular complexity index is 1130. The van der Waals surface area contributed by atoms with Crippen molar-refractivity contribution in [1.82, 2.24) is 0 Å². The van der Waals surface area contributed by atoms with Gasteiger partial charge in [0.05, 0.1) is 0 Å². The van der Waals surface area contributed by atoms with E-state index in [0.29, 0.717) is 11.1 Å². The van der Waals surface area contributed by atoms with Crippen LogP contribution in [0.3, 0.4) is 0 Å². The molecule has 0 aliphatic heterocycles. The maximum absolute atomic E-state index is 13.4. The molecule has 5 heteroatoms. The van der Waals surface area contributed by atoms with Crippen LogP contribution in [0.25, 0.3) is 0 Å². The maximum atomic E-state index is 13.4. The van der Waals surface area contributed by atoms with E-state index in [2.05, 4.69) is 27.7 Å². The topological polar surface area (TPSA) is 94.8 Å². The van der Waals surface area contributed by atoms with E-state index < -0.39 is 16.9 Å². The number of phenols is 2. The Morgan fingerprint density at radius 3 is 2.33 bits per heavy atom. The second-order valence-electron chi connectivity index (χ2n) is 12.3. The number of hydrogen-bond donors (Lipinski definition) is 3. The van der Waals surface area contributed by atoms with E-state index in [1.54, 1.807) is 19.1 Å². The van der Waals surface area contributed by atoms with Crippen LogP contribution in [0.15, 0.2) is 17.7 Å². The van der Waals surface area contributed by atoms with Crippen LogP contribution in [0.5, 0.6) is 11.5 Å². The molecule has 0 bridgehead atoms. The maximum Gasteiger partial charge on any atom is 0.186 e. The molecule has 7 atom stereocenters. The third-order valence-electron chi connectivity index (χ3n) is 10.9. The molecule has 1 aromatic rings. The van der Waals surface area contributed by atoms with E-state index >= 15 is 0 Å². The molecule has 4 aliphatic carbocycles. The van der Waals surface area contributed by atoms with Gasteiger partial charge in [-0.2, -0.15) is 0 Å². The lowest BCUT2D eigenvalue weighted by atomic mass is 9.35. The lowest BCUT2D eigenvalue weighted by Gasteiger charge is -2.69. The van der Waals surface area contributed by atoms with Gasteiger partial charge in [0.15, 0.2) is 23.1 Å². The summed E-state index contributed by atoms with van der Waals surface area (Å²) in [6.45, 7) is 12.5. The smallest absolute Gasteiger partial charge is 0.186 e. The molecule has 178 valence electrons.